The summed E-state index contributed by atoms with van der Waals surface area (Å²) >= 11 is 11.9. The normalized spacial score (nSPS) is 22.9. The second-order valence-electron chi connectivity index (χ2n) is 4.99. The highest BCUT2D eigenvalue weighted by Crippen LogP contribution is 2.30. The summed E-state index contributed by atoms with van der Waals surface area (Å²) in [4.78, 5) is 8.57. The molecule has 0 amide bonds. The van der Waals surface area contributed by atoms with Crippen LogP contribution >= 0.6 is 23.2 Å². The molecule has 1 N–H and O–H groups in total. The highest BCUT2D eigenvalue weighted by molar-refractivity contribution is 6.35. The molecule has 1 fully saturated rings. The largest absolute Gasteiger partial charge is 0.337 e. The van der Waals surface area contributed by atoms with Crippen LogP contribution in [0, 0.1) is 5.92 Å². The van der Waals surface area contributed by atoms with Crippen LogP contribution in [0.3, 0.4) is 0 Å². The number of pyridine rings is 1. The minimum absolute atomic E-state index is 0.0936. The Bertz CT molecular complexity index is 616. The summed E-state index contributed by atoms with van der Waals surface area (Å²) < 4.78 is 5.36. The SMILES string of the molecule is CC1CCCNC1c1nc(-c2ncc(Cl)cc2Cl)no1. The van der Waals surface area contributed by atoms with Gasteiger partial charge in [0, 0.05) is 6.20 Å². The van der Waals surface area contributed by atoms with Gasteiger partial charge in [-0.3, -0.25) is 0 Å². The van der Waals surface area contributed by atoms with Crippen LogP contribution in [-0.4, -0.2) is 21.7 Å². The molecule has 106 valence electrons. The average Bonchev–Trinajstić information content (AvgIpc) is 2.88. The van der Waals surface area contributed by atoms with E-state index in [4.69, 9.17) is 27.7 Å². The average molecular weight is 313 g/mol. The van der Waals surface area contributed by atoms with E-state index in [2.05, 4.69) is 27.4 Å². The molecule has 7 heteroatoms. The fourth-order valence-electron chi connectivity index (χ4n) is 2.42. The predicted molar refractivity (Wildman–Crippen MR) is 76.7 cm³/mol. The fraction of sp³-hybridized carbons (Fsp3) is 0.462. The Hall–Kier alpha value is -1.17. The topological polar surface area (TPSA) is 63.8 Å². The van der Waals surface area contributed by atoms with Crippen LogP contribution in [0.5, 0.6) is 0 Å². The summed E-state index contributed by atoms with van der Waals surface area (Å²) in [6, 6.07) is 1.71. The van der Waals surface area contributed by atoms with E-state index in [1.165, 1.54) is 12.6 Å². The van der Waals surface area contributed by atoms with E-state index >= 15 is 0 Å². The van der Waals surface area contributed by atoms with E-state index in [1.807, 2.05) is 0 Å². The number of hydrogen-bond acceptors (Lipinski definition) is 5. The van der Waals surface area contributed by atoms with Gasteiger partial charge in [0.1, 0.15) is 5.69 Å². The standard InChI is InChI=1S/C13H14Cl2N4O/c1-7-3-2-4-16-10(7)13-18-12(19-20-13)11-9(15)5-8(14)6-17-11/h5-7,10,16H,2-4H2,1H3. The lowest BCUT2D eigenvalue weighted by Gasteiger charge is -2.26. The van der Waals surface area contributed by atoms with Crippen molar-refractivity contribution in [3.8, 4) is 11.5 Å². The Morgan fingerprint density at radius 2 is 2.25 bits per heavy atom. The molecule has 1 saturated heterocycles. The molecule has 3 rings (SSSR count). The van der Waals surface area contributed by atoms with Crippen molar-refractivity contribution in [1.29, 1.82) is 0 Å². The van der Waals surface area contributed by atoms with Gasteiger partial charge in [0.15, 0.2) is 0 Å². The maximum Gasteiger partial charge on any atom is 0.244 e. The van der Waals surface area contributed by atoms with Gasteiger partial charge in [-0.2, -0.15) is 4.98 Å². The number of rotatable bonds is 2. The Morgan fingerprint density at radius 1 is 1.40 bits per heavy atom. The molecule has 0 radical (unpaired) electrons. The highest BCUT2D eigenvalue weighted by Gasteiger charge is 2.28. The first kappa shape index (κ1) is 13.8. The first-order valence-corrected chi connectivity index (χ1v) is 7.29. The second-order valence-corrected chi connectivity index (χ2v) is 5.84. The van der Waals surface area contributed by atoms with Crippen LogP contribution in [0.15, 0.2) is 16.8 Å². The Kier molecular flexibility index (Phi) is 3.92. The van der Waals surface area contributed by atoms with Gasteiger partial charge in [0.2, 0.25) is 11.7 Å². The van der Waals surface area contributed by atoms with Crippen LogP contribution < -0.4 is 5.32 Å². The monoisotopic (exact) mass is 312 g/mol. The zero-order chi connectivity index (χ0) is 14.1. The number of nitrogens with one attached hydrogen (secondary N) is 1. The lowest BCUT2D eigenvalue weighted by Crippen LogP contribution is -2.33. The molecule has 0 bridgehead atoms. The third-order valence-electron chi connectivity index (χ3n) is 3.50. The molecule has 5 nitrogen and oxygen atoms in total. The number of halogens is 2. The van der Waals surface area contributed by atoms with Crippen LogP contribution in [-0.2, 0) is 0 Å². The number of piperidine rings is 1. The summed E-state index contributed by atoms with van der Waals surface area (Å²) in [6.45, 7) is 3.14. The lowest BCUT2D eigenvalue weighted by atomic mass is 9.93. The number of nitrogens with zero attached hydrogens (tertiary/aromatic N) is 3. The van der Waals surface area contributed by atoms with E-state index in [1.54, 1.807) is 6.07 Å². The molecule has 20 heavy (non-hydrogen) atoms. The minimum atomic E-state index is 0.0936. The fourth-order valence-corrected chi connectivity index (χ4v) is 2.88. The van der Waals surface area contributed by atoms with Crippen LogP contribution in [0.25, 0.3) is 11.5 Å². The molecule has 2 unspecified atom stereocenters. The van der Waals surface area contributed by atoms with Crippen molar-refractivity contribution in [3.63, 3.8) is 0 Å². The number of hydrogen-bond donors (Lipinski definition) is 1. The van der Waals surface area contributed by atoms with Gasteiger partial charge >= 0.3 is 0 Å². The molecule has 2 atom stereocenters. The summed E-state index contributed by atoms with van der Waals surface area (Å²) in [6.07, 6.45) is 3.83. The van der Waals surface area contributed by atoms with Crippen molar-refractivity contribution in [1.82, 2.24) is 20.4 Å². The molecule has 0 aliphatic carbocycles. The van der Waals surface area contributed by atoms with Crippen LogP contribution in [0.4, 0.5) is 0 Å². The molecular weight excluding hydrogens is 299 g/mol. The first-order valence-electron chi connectivity index (χ1n) is 6.53. The molecule has 3 heterocycles. The van der Waals surface area contributed by atoms with E-state index in [-0.39, 0.29) is 6.04 Å². The third kappa shape index (κ3) is 2.66. The second kappa shape index (κ2) is 5.68. The molecule has 1 aliphatic heterocycles. The zero-order valence-corrected chi connectivity index (χ0v) is 12.4. The summed E-state index contributed by atoms with van der Waals surface area (Å²) in [5.41, 5.74) is 0.481. The Labute approximate surface area is 126 Å². The van der Waals surface area contributed by atoms with Gasteiger partial charge in [-0.1, -0.05) is 35.3 Å². The Morgan fingerprint density at radius 3 is 3.00 bits per heavy atom. The highest BCUT2D eigenvalue weighted by atomic mass is 35.5. The Balaban J connectivity index is 1.89. The van der Waals surface area contributed by atoms with Gasteiger partial charge in [0.25, 0.3) is 0 Å². The van der Waals surface area contributed by atoms with Crippen LogP contribution in [0.2, 0.25) is 10.0 Å². The predicted octanol–water partition coefficient (Wildman–Crippen LogP) is 3.50. The maximum atomic E-state index is 6.10. The van der Waals surface area contributed by atoms with Crippen molar-refractivity contribution in [2.75, 3.05) is 6.54 Å². The van der Waals surface area contributed by atoms with E-state index in [0.29, 0.717) is 33.4 Å². The van der Waals surface area contributed by atoms with E-state index in [0.717, 1.165) is 13.0 Å². The zero-order valence-electron chi connectivity index (χ0n) is 10.9. The van der Waals surface area contributed by atoms with Crippen molar-refractivity contribution in [2.24, 2.45) is 5.92 Å². The smallest absolute Gasteiger partial charge is 0.244 e. The van der Waals surface area contributed by atoms with Crippen molar-refractivity contribution in [2.45, 2.75) is 25.8 Å². The molecule has 2 aromatic rings. The first-order chi connectivity index (χ1) is 9.65. The minimum Gasteiger partial charge on any atom is -0.337 e. The van der Waals surface area contributed by atoms with Crippen molar-refractivity contribution in [3.05, 3.63) is 28.2 Å². The molecule has 0 saturated carbocycles. The summed E-state index contributed by atoms with van der Waals surface area (Å²) in [7, 11) is 0. The van der Waals surface area contributed by atoms with Gasteiger partial charge < -0.3 is 9.84 Å². The van der Waals surface area contributed by atoms with Crippen LogP contribution in [0.1, 0.15) is 31.7 Å². The maximum absolute atomic E-state index is 6.10. The lowest BCUT2D eigenvalue weighted by molar-refractivity contribution is 0.239. The summed E-state index contributed by atoms with van der Waals surface area (Å²) in [5.74, 6) is 1.44. The van der Waals surface area contributed by atoms with Gasteiger partial charge in [-0.05, 0) is 31.4 Å². The molecule has 0 aromatic carbocycles. The summed E-state index contributed by atoms with van der Waals surface area (Å²) in [5, 5.41) is 8.26. The molecule has 0 spiro atoms. The van der Waals surface area contributed by atoms with Gasteiger partial charge in [-0.25, -0.2) is 4.98 Å². The number of aromatic nitrogens is 3. The third-order valence-corrected chi connectivity index (χ3v) is 3.99. The van der Waals surface area contributed by atoms with Gasteiger partial charge in [0.05, 0.1) is 16.1 Å². The quantitative estimate of drug-likeness (QED) is 0.919. The van der Waals surface area contributed by atoms with E-state index in [9.17, 15) is 0 Å². The van der Waals surface area contributed by atoms with Crippen molar-refractivity contribution < 1.29 is 4.52 Å². The van der Waals surface area contributed by atoms with Gasteiger partial charge in [-0.15, -0.1) is 0 Å². The van der Waals surface area contributed by atoms with E-state index < -0.39 is 0 Å². The van der Waals surface area contributed by atoms with Crippen molar-refractivity contribution >= 4 is 23.2 Å². The molecule has 2 aromatic heterocycles. The molecular formula is C13H14Cl2N4O. The molecule has 1 aliphatic rings.